The minimum absolute atomic E-state index is 0.227. The van der Waals surface area contributed by atoms with Gasteiger partial charge in [0, 0.05) is 56.0 Å². The van der Waals surface area contributed by atoms with Crippen LogP contribution in [0.2, 0.25) is 0 Å². The van der Waals surface area contributed by atoms with Crippen molar-refractivity contribution in [3.63, 3.8) is 0 Å². The fraction of sp³-hybridized carbons (Fsp3) is 0.292. The molecule has 2 aliphatic rings. The molecular weight excluding hydrogens is 365 g/mol. The SMILES string of the molecule is CO[C@@H]1C[C@H]2CC(c3c[nH]c(-c4ccc(F)cc4)c3-c3ccncc3)=CCN2C1. The van der Waals surface area contributed by atoms with Gasteiger partial charge in [0.05, 0.1) is 11.8 Å². The van der Waals surface area contributed by atoms with Crippen LogP contribution >= 0.6 is 0 Å². The second kappa shape index (κ2) is 7.58. The number of pyridine rings is 1. The number of rotatable bonds is 4. The van der Waals surface area contributed by atoms with Crippen molar-refractivity contribution in [2.24, 2.45) is 0 Å². The molecular formula is C24H24FN3O. The lowest BCUT2D eigenvalue weighted by Gasteiger charge is -2.29. The lowest BCUT2D eigenvalue weighted by atomic mass is 9.89. The maximum Gasteiger partial charge on any atom is 0.123 e. The zero-order valence-corrected chi connectivity index (χ0v) is 16.4. The average molecular weight is 389 g/mol. The Morgan fingerprint density at radius 3 is 2.66 bits per heavy atom. The molecule has 4 nitrogen and oxygen atoms in total. The number of methoxy groups -OCH3 is 1. The van der Waals surface area contributed by atoms with Crippen molar-refractivity contribution in [2.75, 3.05) is 20.2 Å². The number of ether oxygens (including phenoxy) is 1. The van der Waals surface area contributed by atoms with E-state index in [9.17, 15) is 4.39 Å². The summed E-state index contributed by atoms with van der Waals surface area (Å²) in [4.78, 5) is 10.2. The van der Waals surface area contributed by atoms with Crippen LogP contribution in [0.4, 0.5) is 4.39 Å². The fourth-order valence-electron chi connectivity index (χ4n) is 4.67. The standard InChI is InChI=1S/C24H24FN3O/c1-29-21-13-20-12-18(8-11-28(20)15-21)22-14-27-24(17-2-4-19(25)5-3-17)23(22)16-6-9-26-10-7-16/h2-10,14,20-21,27H,11-13,15H2,1H3/t20-,21-/m1/s1. The van der Waals surface area contributed by atoms with E-state index in [1.54, 1.807) is 7.11 Å². The summed E-state index contributed by atoms with van der Waals surface area (Å²) in [5.74, 6) is -0.227. The lowest BCUT2D eigenvalue weighted by molar-refractivity contribution is 0.109. The number of aromatic nitrogens is 2. The van der Waals surface area contributed by atoms with Crippen molar-refractivity contribution < 1.29 is 9.13 Å². The van der Waals surface area contributed by atoms with Gasteiger partial charge in [-0.05, 0) is 65.9 Å². The number of nitrogens with zero attached hydrogens (tertiary/aromatic N) is 2. The van der Waals surface area contributed by atoms with Crippen LogP contribution in [-0.4, -0.2) is 47.2 Å². The van der Waals surface area contributed by atoms with E-state index in [4.69, 9.17) is 4.74 Å². The third kappa shape index (κ3) is 3.41. The number of hydrogen-bond acceptors (Lipinski definition) is 3. The summed E-state index contributed by atoms with van der Waals surface area (Å²) in [6, 6.07) is 11.3. The Kier molecular flexibility index (Phi) is 4.78. The molecule has 0 radical (unpaired) electrons. The third-order valence-corrected chi connectivity index (χ3v) is 6.18. The van der Waals surface area contributed by atoms with Crippen LogP contribution in [0.3, 0.4) is 0 Å². The largest absolute Gasteiger partial charge is 0.380 e. The molecule has 1 N–H and O–H groups in total. The van der Waals surface area contributed by atoms with Crippen LogP contribution in [0.5, 0.6) is 0 Å². The topological polar surface area (TPSA) is 41.1 Å². The third-order valence-electron chi connectivity index (χ3n) is 6.18. The number of benzene rings is 1. The summed E-state index contributed by atoms with van der Waals surface area (Å²) in [6.07, 6.45) is 10.5. The van der Waals surface area contributed by atoms with Gasteiger partial charge in [-0.15, -0.1) is 0 Å². The van der Waals surface area contributed by atoms with E-state index >= 15 is 0 Å². The van der Waals surface area contributed by atoms with E-state index in [1.165, 1.54) is 23.3 Å². The van der Waals surface area contributed by atoms with Gasteiger partial charge in [-0.3, -0.25) is 9.88 Å². The highest BCUT2D eigenvalue weighted by atomic mass is 19.1. The molecule has 2 aliphatic heterocycles. The molecule has 148 valence electrons. The van der Waals surface area contributed by atoms with E-state index in [2.05, 4.69) is 27.1 Å². The molecule has 0 aliphatic carbocycles. The molecule has 4 heterocycles. The Hall–Kier alpha value is -2.76. The van der Waals surface area contributed by atoms with E-state index < -0.39 is 0 Å². The number of hydrogen-bond donors (Lipinski definition) is 1. The first-order valence-electron chi connectivity index (χ1n) is 10.1. The molecule has 0 bridgehead atoms. The van der Waals surface area contributed by atoms with Crippen LogP contribution in [-0.2, 0) is 4.74 Å². The quantitative estimate of drug-likeness (QED) is 0.700. The van der Waals surface area contributed by atoms with Crippen LogP contribution in [0.1, 0.15) is 18.4 Å². The smallest absolute Gasteiger partial charge is 0.123 e. The van der Waals surface area contributed by atoms with Gasteiger partial charge < -0.3 is 9.72 Å². The molecule has 1 aromatic carbocycles. The summed E-state index contributed by atoms with van der Waals surface area (Å²) in [7, 11) is 1.81. The number of aromatic amines is 1. The summed E-state index contributed by atoms with van der Waals surface area (Å²) in [5.41, 5.74) is 6.83. The minimum Gasteiger partial charge on any atom is -0.380 e. The molecule has 0 unspecified atom stereocenters. The lowest BCUT2D eigenvalue weighted by Crippen LogP contribution is -2.33. The van der Waals surface area contributed by atoms with Crippen molar-refractivity contribution in [2.45, 2.75) is 25.0 Å². The molecule has 29 heavy (non-hydrogen) atoms. The van der Waals surface area contributed by atoms with Crippen LogP contribution in [0, 0.1) is 5.82 Å². The van der Waals surface area contributed by atoms with Crippen molar-refractivity contribution >= 4 is 5.57 Å². The molecule has 5 rings (SSSR count). The molecule has 0 spiro atoms. The first kappa shape index (κ1) is 18.3. The van der Waals surface area contributed by atoms with Gasteiger partial charge in [0.15, 0.2) is 0 Å². The van der Waals surface area contributed by atoms with Gasteiger partial charge in [-0.2, -0.15) is 0 Å². The predicted octanol–water partition coefficient (Wildman–Crippen LogP) is 4.76. The molecule has 5 heteroatoms. The van der Waals surface area contributed by atoms with Gasteiger partial charge in [0.1, 0.15) is 5.82 Å². The highest BCUT2D eigenvalue weighted by Crippen LogP contribution is 2.41. The first-order valence-corrected chi connectivity index (χ1v) is 10.1. The predicted molar refractivity (Wildman–Crippen MR) is 113 cm³/mol. The van der Waals surface area contributed by atoms with Crippen molar-refractivity contribution in [3.05, 3.63) is 72.4 Å². The van der Waals surface area contributed by atoms with Gasteiger partial charge in [0.25, 0.3) is 0 Å². The molecule has 2 aromatic heterocycles. The van der Waals surface area contributed by atoms with E-state index in [-0.39, 0.29) is 5.82 Å². The molecule has 1 saturated heterocycles. The monoisotopic (exact) mass is 389 g/mol. The van der Waals surface area contributed by atoms with Crippen molar-refractivity contribution in [3.8, 4) is 22.4 Å². The maximum absolute atomic E-state index is 13.5. The number of fused-ring (bicyclic) bond motifs is 1. The van der Waals surface area contributed by atoms with Crippen LogP contribution < -0.4 is 0 Å². The second-order valence-corrected chi connectivity index (χ2v) is 7.83. The Balaban J connectivity index is 1.56. The Morgan fingerprint density at radius 2 is 1.90 bits per heavy atom. The van der Waals surface area contributed by atoms with Crippen molar-refractivity contribution in [1.82, 2.24) is 14.9 Å². The highest BCUT2D eigenvalue weighted by molar-refractivity contribution is 5.91. The van der Waals surface area contributed by atoms with Crippen molar-refractivity contribution in [1.29, 1.82) is 0 Å². The average Bonchev–Trinajstić information content (AvgIpc) is 3.38. The second-order valence-electron chi connectivity index (χ2n) is 7.83. The molecule has 3 aromatic rings. The van der Waals surface area contributed by atoms with E-state index in [0.717, 1.165) is 48.3 Å². The highest BCUT2D eigenvalue weighted by Gasteiger charge is 2.35. The molecule has 0 saturated carbocycles. The zero-order chi connectivity index (χ0) is 19.8. The summed E-state index contributed by atoms with van der Waals surface area (Å²) in [6.45, 7) is 1.96. The molecule has 1 fully saturated rings. The van der Waals surface area contributed by atoms with E-state index in [1.807, 2.05) is 36.7 Å². The molecule has 2 atom stereocenters. The summed E-state index contributed by atoms with van der Waals surface area (Å²) >= 11 is 0. The van der Waals surface area contributed by atoms with Gasteiger partial charge in [-0.1, -0.05) is 6.08 Å². The van der Waals surface area contributed by atoms with Crippen LogP contribution in [0.15, 0.2) is 61.1 Å². The minimum atomic E-state index is -0.227. The molecule has 0 amide bonds. The van der Waals surface area contributed by atoms with E-state index in [0.29, 0.717) is 12.1 Å². The number of H-pyrrole nitrogens is 1. The van der Waals surface area contributed by atoms with Gasteiger partial charge in [0.2, 0.25) is 0 Å². The number of nitrogens with one attached hydrogen (secondary N) is 1. The van der Waals surface area contributed by atoms with Gasteiger partial charge >= 0.3 is 0 Å². The summed E-state index contributed by atoms with van der Waals surface area (Å²) in [5, 5.41) is 0. The Labute approximate surface area is 170 Å². The summed E-state index contributed by atoms with van der Waals surface area (Å²) < 4.78 is 19.1. The Morgan fingerprint density at radius 1 is 1.10 bits per heavy atom. The van der Waals surface area contributed by atoms with Gasteiger partial charge in [-0.25, -0.2) is 4.39 Å². The normalized spacial score (nSPS) is 21.8. The fourth-order valence-corrected chi connectivity index (χ4v) is 4.67. The van der Waals surface area contributed by atoms with Crippen LogP contribution in [0.25, 0.3) is 28.0 Å². The maximum atomic E-state index is 13.5. The Bertz CT molecular complexity index is 1030. The zero-order valence-electron chi connectivity index (χ0n) is 16.4. The first-order chi connectivity index (χ1) is 14.2. The number of halogens is 1.